The van der Waals surface area contributed by atoms with Gasteiger partial charge in [-0.05, 0) is 127 Å². The second-order valence-electron chi connectivity index (χ2n) is 15.7. The van der Waals surface area contributed by atoms with Crippen molar-refractivity contribution in [3.8, 4) is 33.8 Å². The lowest BCUT2D eigenvalue weighted by atomic mass is 9.97. The molecule has 0 fully saturated rings. The molecular weight excluding hydrogens is 830 g/mol. The van der Waals surface area contributed by atoms with E-state index in [0.29, 0.717) is 46.7 Å². The summed E-state index contributed by atoms with van der Waals surface area (Å²) in [6.45, 7) is 6.93. The van der Waals surface area contributed by atoms with Crippen LogP contribution in [0.1, 0.15) is 54.2 Å². The summed E-state index contributed by atoms with van der Waals surface area (Å²) in [6.07, 6.45) is -7.75. The second kappa shape index (κ2) is 18.9. The molecule has 0 radical (unpaired) electrons. The van der Waals surface area contributed by atoms with Gasteiger partial charge in [-0.1, -0.05) is 84.9 Å². The molecule has 1 N–H and O–H groups in total. The SMILES string of the molecule is CC(C)(C)OC(=O)N1CCc2cc(OCc3ccc(-c4ccccc4)c(C(F)(F)F)c3)ccc21.Cl.FC(F)(F)c1cc(COc2ccc3c(c2)CCN3)ccc1-c1ccccc1. The number of benzene rings is 6. The molecule has 1 amide bonds. The van der Waals surface area contributed by atoms with E-state index in [1.807, 2.05) is 45.0 Å². The van der Waals surface area contributed by atoms with Crippen LogP contribution in [0.4, 0.5) is 42.5 Å². The maximum atomic E-state index is 13.7. The van der Waals surface area contributed by atoms with E-state index in [-0.39, 0.29) is 36.7 Å². The van der Waals surface area contributed by atoms with Crippen LogP contribution in [-0.4, -0.2) is 24.8 Å². The first-order valence-corrected chi connectivity index (χ1v) is 19.8. The Bertz CT molecular complexity index is 2490. The number of fused-ring (bicyclic) bond motifs is 2. The van der Waals surface area contributed by atoms with Crippen LogP contribution in [0.3, 0.4) is 0 Å². The third kappa shape index (κ3) is 11.2. The van der Waals surface area contributed by atoms with Crippen LogP contribution < -0.4 is 19.7 Å². The molecule has 0 saturated carbocycles. The van der Waals surface area contributed by atoms with Crippen molar-refractivity contribution in [3.05, 3.63) is 167 Å². The average Bonchev–Trinajstić information content (AvgIpc) is 3.89. The van der Waals surface area contributed by atoms with Gasteiger partial charge < -0.3 is 19.5 Å². The molecular formula is C49H45ClF6N2O4. The van der Waals surface area contributed by atoms with Gasteiger partial charge in [0.2, 0.25) is 0 Å². The molecule has 2 heterocycles. The Morgan fingerprint density at radius 2 is 1.11 bits per heavy atom. The van der Waals surface area contributed by atoms with Crippen LogP contribution in [0.2, 0.25) is 0 Å². The number of halogens is 7. The maximum Gasteiger partial charge on any atom is 0.417 e. The van der Waals surface area contributed by atoms with Crippen LogP contribution in [0.25, 0.3) is 22.3 Å². The summed E-state index contributed by atoms with van der Waals surface area (Å²) in [7, 11) is 0. The second-order valence-corrected chi connectivity index (χ2v) is 15.7. The topological polar surface area (TPSA) is 60.0 Å². The molecule has 62 heavy (non-hydrogen) atoms. The van der Waals surface area contributed by atoms with E-state index in [1.54, 1.807) is 89.8 Å². The highest BCUT2D eigenvalue weighted by molar-refractivity contribution is 5.90. The van der Waals surface area contributed by atoms with Crippen molar-refractivity contribution in [2.45, 2.75) is 64.8 Å². The third-order valence-corrected chi connectivity index (χ3v) is 10.1. The van der Waals surface area contributed by atoms with Crippen LogP contribution in [-0.2, 0) is 43.1 Å². The van der Waals surface area contributed by atoms with Crippen molar-refractivity contribution < 1.29 is 45.3 Å². The molecule has 0 aliphatic carbocycles. The summed E-state index contributed by atoms with van der Waals surface area (Å²) in [4.78, 5) is 14.0. The van der Waals surface area contributed by atoms with Gasteiger partial charge in [0.05, 0.1) is 16.8 Å². The summed E-state index contributed by atoms with van der Waals surface area (Å²) in [5.41, 5.74) is 4.29. The molecule has 2 aliphatic rings. The number of carbonyl (C=O) groups is 1. The highest BCUT2D eigenvalue weighted by Gasteiger charge is 2.35. The minimum atomic E-state index is -4.49. The minimum Gasteiger partial charge on any atom is -0.489 e. The Balaban J connectivity index is 0.000000209. The molecule has 0 bridgehead atoms. The van der Waals surface area contributed by atoms with Gasteiger partial charge in [0.25, 0.3) is 0 Å². The third-order valence-electron chi connectivity index (χ3n) is 10.1. The lowest BCUT2D eigenvalue weighted by Gasteiger charge is -2.24. The zero-order valence-corrected chi connectivity index (χ0v) is 35.0. The quantitative estimate of drug-likeness (QED) is 0.154. The van der Waals surface area contributed by atoms with Crippen LogP contribution in [0.15, 0.2) is 133 Å². The molecule has 0 unspecified atom stereocenters. The van der Waals surface area contributed by atoms with Crippen LogP contribution in [0, 0.1) is 0 Å². The van der Waals surface area contributed by atoms with Gasteiger partial charge in [0, 0.05) is 18.8 Å². The van der Waals surface area contributed by atoms with Gasteiger partial charge >= 0.3 is 18.4 Å². The summed E-state index contributed by atoms with van der Waals surface area (Å²) in [5, 5.41) is 3.27. The first kappa shape index (κ1) is 45.4. The summed E-state index contributed by atoms with van der Waals surface area (Å²) in [6, 6.07) is 36.8. The number of nitrogens with one attached hydrogen (secondary N) is 1. The molecule has 0 aromatic heterocycles. The Morgan fingerprint density at radius 1 is 0.613 bits per heavy atom. The van der Waals surface area contributed by atoms with E-state index >= 15 is 0 Å². The van der Waals surface area contributed by atoms with E-state index < -0.39 is 35.2 Å². The molecule has 6 nitrogen and oxygen atoms in total. The molecule has 13 heteroatoms. The molecule has 2 aliphatic heterocycles. The van der Waals surface area contributed by atoms with Crippen molar-refractivity contribution in [3.63, 3.8) is 0 Å². The van der Waals surface area contributed by atoms with E-state index in [1.165, 1.54) is 23.8 Å². The summed E-state index contributed by atoms with van der Waals surface area (Å²) >= 11 is 0. The molecule has 8 rings (SSSR count). The van der Waals surface area contributed by atoms with Crippen molar-refractivity contribution in [1.82, 2.24) is 0 Å². The molecule has 6 aromatic carbocycles. The van der Waals surface area contributed by atoms with Gasteiger partial charge in [-0.25, -0.2) is 4.79 Å². The molecule has 0 spiro atoms. The van der Waals surface area contributed by atoms with Crippen molar-refractivity contribution >= 4 is 29.9 Å². The highest BCUT2D eigenvalue weighted by atomic mass is 35.5. The Kier molecular flexibility index (Phi) is 13.8. The fourth-order valence-corrected chi connectivity index (χ4v) is 7.25. The number of nitrogens with zero attached hydrogens (tertiary/aromatic N) is 1. The largest absolute Gasteiger partial charge is 0.489 e. The van der Waals surface area contributed by atoms with E-state index in [9.17, 15) is 31.1 Å². The minimum absolute atomic E-state index is 0. The maximum absolute atomic E-state index is 13.7. The lowest BCUT2D eigenvalue weighted by molar-refractivity contribution is -0.138. The van der Waals surface area contributed by atoms with Crippen molar-refractivity contribution in [2.24, 2.45) is 0 Å². The average molecular weight is 875 g/mol. The smallest absolute Gasteiger partial charge is 0.417 e. The van der Waals surface area contributed by atoms with Crippen molar-refractivity contribution in [1.29, 1.82) is 0 Å². The number of hydrogen-bond donors (Lipinski definition) is 1. The predicted octanol–water partition coefficient (Wildman–Crippen LogP) is 13.6. The number of alkyl halides is 6. The van der Waals surface area contributed by atoms with Crippen LogP contribution >= 0.6 is 12.4 Å². The Morgan fingerprint density at radius 3 is 1.61 bits per heavy atom. The molecule has 0 saturated heterocycles. The fourth-order valence-electron chi connectivity index (χ4n) is 7.25. The van der Waals surface area contributed by atoms with Gasteiger partial charge in [-0.15, -0.1) is 12.4 Å². The number of amides is 1. The molecule has 6 aromatic rings. The normalized spacial score (nSPS) is 13.1. The van der Waals surface area contributed by atoms with E-state index in [0.717, 1.165) is 36.0 Å². The van der Waals surface area contributed by atoms with Gasteiger partial charge in [-0.2, -0.15) is 26.3 Å². The molecule has 0 atom stereocenters. The number of carbonyl (C=O) groups excluding carboxylic acids is 1. The number of ether oxygens (including phenoxy) is 3. The highest BCUT2D eigenvalue weighted by Crippen LogP contribution is 2.40. The first-order chi connectivity index (χ1) is 29.0. The van der Waals surface area contributed by atoms with Crippen LogP contribution in [0.5, 0.6) is 11.5 Å². The Labute approximate surface area is 362 Å². The van der Waals surface area contributed by atoms with E-state index in [4.69, 9.17) is 14.2 Å². The lowest BCUT2D eigenvalue weighted by Crippen LogP contribution is -2.35. The number of hydrogen-bond acceptors (Lipinski definition) is 5. The van der Waals surface area contributed by atoms with Crippen molar-refractivity contribution in [2.75, 3.05) is 23.3 Å². The summed E-state index contributed by atoms with van der Waals surface area (Å²) < 4.78 is 99.0. The monoisotopic (exact) mass is 874 g/mol. The summed E-state index contributed by atoms with van der Waals surface area (Å²) in [5.74, 6) is 1.20. The number of anilines is 2. The number of rotatable bonds is 8. The predicted molar refractivity (Wildman–Crippen MR) is 232 cm³/mol. The zero-order valence-electron chi connectivity index (χ0n) is 34.2. The van der Waals surface area contributed by atoms with Gasteiger partial charge in [0.15, 0.2) is 0 Å². The van der Waals surface area contributed by atoms with Gasteiger partial charge in [-0.3, -0.25) is 4.90 Å². The standard InChI is InChI=1S/C27H26F3NO3.C22H18F3NO.ClH/c1-26(2,3)34-25(32)31-14-13-20-16-21(10-12-24(20)31)33-17-18-9-11-22(19-7-5-4-6-8-19)23(15-18)27(28,29)30;23-22(24,25)20-12-15(6-8-19(20)16-4-2-1-3-5-16)14-27-18-7-9-21-17(13-18)10-11-26-21;/h4-12,15-16H,13-14,17H2,1-3H3;1-9,12-13,26H,10-11,14H2;1H. The van der Waals surface area contributed by atoms with Gasteiger partial charge in [0.1, 0.15) is 30.3 Å². The van der Waals surface area contributed by atoms with E-state index in [2.05, 4.69) is 5.32 Å². The zero-order chi connectivity index (χ0) is 43.4. The fraction of sp³-hybridized carbons (Fsp3) is 0.245. The Hall–Kier alpha value is -6.14. The first-order valence-electron chi connectivity index (χ1n) is 19.8. The molecule has 324 valence electrons.